The van der Waals surface area contributed by atoms with Gasteiger partial charge in [-0.05, 0) is 30.4 Å². The molecule has 1 amide bonds. The van der Waals surface area contributed by atoms with Crippen LogP contribution in [0.2, 0.25) is 0 Å². The fraction of sp³-hybridized carbons (Fsp3) is 0.429. The standard InChI is InChI=1S/C14H17NO3S/c1-19-9-10-2-4-11(5-3-10)14(17)18-8-12-6-7-13(16)15-12/h2-5,12H,6-9H2,1H3,(H,15,16)/t12-/m1/s1. The molecule has 0 unspecified atom stereocenters. The molecule has 5 heteroatoms. The number of ether oxygens (including phenoxy) is 1. The van der Waals surface area contributed by atoms with Crippen molar-refractivity contribution in [1.82, 2.24) is 5.32 Å². The molecule has 1 aromatic carbocycles. The van der Waals surface area contributed by atoms with Gasteiger partial charge in [0.1, 0.15) is 6.61 Å². The summed E-state index contributed by atoms with van der Waals surface area (Å²) in [4.78, 5) is 22.8. The topological polar surface area (TPSA) is 55.4 Å². The Labute approximate surface area is 116 Å². The van der Waals surface area contributed by atoms with Gasteiger partial charge in [0.2, 0.25) is 5.91 Å². The molecule has 1 aliphatic heterocycles. The second kappa shape index (κ2) is 6.61. The maximum absolute atomic E-state index is 11.8. The van der Waals surface area contributed by atoms with Crippen LogP contribution in [0.3, 0.4) is 0 Å². The lowest BCUT2D eigenvalue weighted by Gasteiger charge is -2.10. The molecule has 1 aromatic rings. The highest BCUT2D eigenvalue weighted by Gasteiger charge is 2.22. The Morgan fingerprint density at radius 1 is 1.42 bits per heavy atom. The number of amides is 1. The van der Waals surface area contributed by atoms with Crippen LogP contribution < -0.4 is 5.32 Å². The average Bonchev–Trinajstić information content (AvgIpc) is 2.83. The number of nitrogens with one attached hydrogen (secondary N) is 1. The predicted octanol–water partition coefficient (Wildman–Crippen LogP) is 1.98. The number of carbonyl (C=O) groups excluding carboxylic acids is 2. The first-order valence-electron chi connectivity index (χ1n) is 6.23. The number of hydrogen-bond donors (Lipinski definition) is 1. The van der Waals surface area contributed by atoms with Gasteiger partial charge >= 0.3 is 5.97 Å². The van der Waals surface area contributed by atoms with Crippen molar-refractivity contribution in [2.24, 2.45) is 0 Å². The quantitative estimate of drug-likeness (QED) is 0.837. The highest BCUT2D eigenvalue weighted by Crippen LogP contribution is 2.12. The minimum Gasteiger partial charge on any atom is -0.460 e. The smallest absolute Gasteiger partial charge is 0.338 e. The number of benzene rings is 1. The SMILES string of the molecule is CSCc1ccc(C(=O)OC[C@H]2CCC(=O)N2)cc1. The lowest BCUT2D eigenvalue weighted by atomic mass is 10.1. The van der Waals surface area contributed by atoms with Gasteiger partial charge < -0.3 is 10.1 Å². The van der Waals surface area contributed by atoms with E-state index >= 15 is 0 Å². The molecule has 102 valence electrons. The summed E-state index contributed by atoms with van der Waals surface area (Å²) in [5, 5.41) is 2.77. The molecule has 1 heterocycles. The van der Waals surface area contributed by atoms with Crippen LogP contribution in [0.4, 0.5) is 0 Å². The summed E-state index contributed by atoms with van der Waals surface area (Å²) in [7, 11) is 0. The monoisotopic (exact) mass is 279 g/mol. The lowest BCUT2D eigenvalue weighted by molar-refractivity contribution is -0.119. The molecule has 1 atom stereocenters. The van der Waals surface area contributed by atoms with Crippen LogP contribution in [0.25, 0.3) is 0 Å². The molecular weight excluding hydrogens is 262 g/mol. The number of rotatable bonds is 5. The van der Waals surface area contributed by atoms with E-state index in [0.717, 1.165) is 12.2 Å². The molecule has 4 nitrogen and oxygen atoms in total. The molecule has 0 spiro atoms. The molecule has 0 aliphatic carbocycles. The third-order valence-corrected chi connectivity index (χ3v) is 3.62. The van der Waals surface area contributed by atoms with Crippen molar-refractivity contribution in [3.05, 3.63) is 35.4 Å². The maximum atomic E-state index is 11.8. The van der Waals surface area contributed by atoms with E-state index in [1.54, 1.807) is 23.9 Å². The largest absolute Gasteiger partial charge is 0.460 e. The highest BCUT2D eigenvalue weighted by molar-refractivity contribution is 7.97. The molecule has 0 bridgehead atoms. The van der Waals surface area contributed by atoms with E-state index in [4.69, 9.17) is 4.74 Å². The summed E-state index contributed by atoms with van der Waals surface area (Å²) in [6.07, 6.45) is 3.29. The Bertz CT molecular complexity index is 458. The molecule has 1 saturated heterocycles. The van der Waals surface area contributed by atoms with Crippen LogP contribution >= 0.6 is 11.8 Å². The number of esters is 1. The molecule has 1 fully saturated rings. The van der Waals surface area contributed by atoms with Crippen molar-refractivity contribution in [2.75, 3.05) is 12.9 Å². The predicted molar refractivity (Wildman–Crippen MR) is 75.1 cm³/mol. The summed E-state index contributed by atoms with van der Waals surface area (Å²) in [5.41, 5.74) is 1.74. The Kier molecular flexibility index (Phi) is 4.85. The van der Waals surface area contributed by atoms with E-state index in [2.05, 4.69) is 5.32 Å². The van der Waals surface area contributed by atoms with Gasteiger partial charge in [-0.25, -0.2) is 4.79 Å². The highest BCUT2D eigenvalue weighted by atomic mass is 32.2. The van der Waals surface area contributed by atoms with E-state index in [0.29, 0.717) is 12.0 Å². The number of thioether (sulfide) groups is 1. The third-order valence-electron chi connectivity index (χ3n) is 3.00. The normalized spacial score (nSPS) is 18.2. The zero-order chi connectivity index (χ0) is 13.7. The average molecular weight is 279 g/mol. The Morgan fingerprint density at radius 2 is 2.16 bits per heavy atom. The Balaban J connectivity index is 1.83. The molecule has 1 N–H and O–H groups in total. The number of hydrogen-bond acceptors (Lipinski definition) is 4. The van der Waals surface area contributed by atoms with E-state index in [1.165, 1.54) is 5.56 Å². The van der Waals surface area contributed by atoms with Gasteiger partial charge in [0, 0.05) is 12.2 Å². The summed E-state index contributed by atoms with van der Waals surface area (Å²) < 4.78 is 5.20. The molecule has 1 aliphatic rings. The van der Waals surface area contributed by atoms with Gasteiger partial charge in [-0.1, -0.05) is 12.1 Å². The van der Waals surface area contributed by atoms with E-state index in [1.807, 2.05) is 18.4 Å². The van der Waals surface area contributed by atoms with Crippen molar-refractivity contribution in [1.29, 1.82) is 0 Å². The molecule has 0 radical (unpaired) electrons. The van der Waals surface area contributed by atoms with Gasteiger partial charge in [-0.2, -0.15) is 11.8 Å². The van der Waals surface area contributed by atoms with Crippen molar-refractivity contribution < 1.29 is 14.3 Å². The molecule has 19 heavy (non-hydrogen) atoms. The van der Waals surface area contributed by atoms with E-state index in [9.17, 15) is 9.59 Å². The second-order valence-corrected chi connectivity index (χ2v) is 5.40. The van der Waals surface area contributed by atoms with Crippen molar-refractivity contribution >= 4 is 23.6 Å². The van der Waals surface area contributed by atoms with Crippen LogP contribution in [0.5, 0.6) is 0 Å². The Hall–Kier alpha value is -1.49. The van der Waals surface area contributed by atoms with Gasteiger partial charge in [0.25, 0.3) is 0 Å². The zero-order valence-corrected chi connectivity index (χ0v) is 11.7. The lowest BCUT2D eigenvalue weighted by Crippen LogP contribution is -2.30. The number of carbonyl (C=O) groups is 2. The van der Waals surface area contributed by atoms with Crippen LogP contribution in [0.15, 0.2) is 24.3 Å². The fourth-order valence-corrected chi connectivity index (χ4v) is 2.49. The van der Waals surface area contributed by atoms with Gasteiger partial charge in [0.15, 0.2) is 0 Å². The van der Waals surface area contributed by atoms with E-state index in [-0.39, 0.29) is 24.5 Å². The minimum absolute atomic E-state index is 0.0301. The van der Waals surface area contributed by atoms with Crippen molar-refractivity contribution in [2.45, 2.75) is 24.6 Å². The second-order valence-electron chi connectivity index (χ2n) is 4.53. The first-order chi connectivity index (χ1) is 9.19. The molecule has 2 rings (SSSR count). The van der Waals surface area contributed by atoms with Crippen LogP contribution in [-0.4, -0.2) is 30.8 Å². The van der Waals surface area contributed by atoms with E-state index < -0.39 is 0 Å². The first-order valence-corrected chi connectivity index (χ1v) is 7.63. The van der Waals surface area contributed by atoms with Crippen LogP contribution in [0, 0.1) is 0 Å². The van der Waals surface area contributed by atoms with Crippen LogP contribution in [0.1, 0.15) is 28.8 Å². The fourth-order valence-electron chi connectivity index (χ4n) is 1.97. The molecular formula is C14H17NO3S. The summed E-state index contributed by atoms with van der Waals surface area (Å²) in [5.74, 6) is 0.628. The van der Waals surface area contributed by atoms with Crippen molar-refractivity contribution in [3.8, 4) is 0 Å². The molecule has 0 aromatic heterocycles. The van der Waals surface area contributed by atoms with Gasteiger partial charge in [-0.15, -0.1) is 0 Å². The first kappa shape index (κ1) is 13.9. The third kappa shape index (κ3) is 3.99. The van der Waals surface area contributed by atoms with Gasteiger partial charge in [-0.3, -0.25) is 4.79 Å². The van der Waals surface area contributed by atoms with Crippen LogP contribution in [-0.2, 0) is 15.3 Å². The molecule has 0 saturated carbocycles. The summed E-state index contributed by atoms with van der Waals surface area (Å²) in [6, 6.07) is 7.39. The van der Waals surface area contributed by atoms with Gasteiger partial charge in [0.05, 0.1) is 11.6 Å². The zero-order valence-electron chi connectivity index (χ0n) is 10.8. The minimum atomic E-state index is -0.336. The Morgan fingerprint density at radius 3 is 2.74 bits per heavy atom. The summed E-state index contributed by atoms with van der Waals surface area (Å²) >= 11 is 1.74. The van der Waals surface area contributed by atoms with Crippen molar-refractivity contribution in [3.63, 3.8) is 0 Å². The summed E-state index contributed by atoms with van der Waals surface area (Å²) in [6.45, 7) is 0.247. The maximum Gasteiger partial charge on any atom is 0.338 e.